The van der Waals surface area contributed by atoms with Crippen LogP contribution in [0.3, 0.4) is 0 Å². The third-order valence-corrected chi connectivity index (χ3v) is 12.4. The Bertz CT molecular complexity index is 2190. The van der Waals surface area contributed by atoms with Gasteiger partial charge in [0, 0.05) is 67.2 Å². The Kier molecular flexibility index (Phi) is 11.9. The van der Waals surface area contributed by atoms with E-state index in [1.165, 1.54) is 22.9 Å². The van der Waals surface area contributed by atoms with Crippen LogP contribution in [0.2, 0.25) is 0 Å². The maximum absolute atomic E-state index is 15.2. The van der Waals surface area contributed by atoms with E-state index >= 15 is 4.39 Å². The number of carbonyl (C=O) groups is 3. The van der Waals surface area contributed by atoms with E-state index in [2.05, 4.69) is 35.7 Å². The molecule has 304 valence electrons. The monoisotopic (exact) mass is 792 g/mol. The van der Waals surface area contributed by atoms with E-state index in [4.69, 9.17) is 0 Å². The zero-order chi connectivity index (χ0) is 40.2. The van der Waals surface area contributed by atoms with Crippen LogP contribution >= 0.6 is 0 Å². The first-order valence-corrected chi connectivity index (χ1v) is 20.6. The predicted octanol–water partition coefficient (Wildman–Crippen LogP) is 5.88. The molecular formula is C44H50F2N8O4. The zero-order valence-electron chi connectivity index (χ0n) is 32.5. The van der Waals surface area contributed by atoms with Crippen molar-refractivity contribution in [2.45, 2.75) is 82.2 Å². The number of halogens is 2. The smallest absolute Gasteiger partial charge is 0.255 e. The number of hydrogen-bond acceptors (Lipinski definition) is 9. The lowest BCUT2D eigenvalue weighted by Crippen LogP contribution is -2.47. The van der Waals surface area contributed by atoms with Crippen molar-refractivity contribution in [1.29, 1.82) is 0 Å². The molecule has 0 spiro atoms. The molecular weight excluding hydrogens is 743 g/mol. The van der Waals surface area contributed by atoms with Gasteiger partial charge in [-0.15, -0.1) is 0 Å². The van der Waals surface area contributed by atoms with Gasteiger partial charge < -0.3 is 20.4 Å². The van der Waals surface area contributed by atoms with Crippen LogP contribution in [0.15, 0.2) is 77.9 Å². The van der Waals surface area contributed by atoms with Crippen LogP contribution in [0.25, 0.3) is 16.9 Å². The summed E-state index contributed by atoms with van der Waals surface area (Å²) in [6.45, 7) is 4.36. The van der Waals surface area contributed by atoms with Crippen LogP contribution in [0, 0.1) is 23.5 Å². The number of likely N-dealkylation sites (tertiary alicyclic amines) is 2. The number of piperidine rings is 3. The number of rotatable bonds is 10. The Morgan fingerprint density at radius 3 is 2.34 bits per heavy atom. The summed E-state index contributed by atoms with van der Waals surface area (Å²) in [5.74, 6) is -0.233. The molecule has 1 aliphatic carbocycles. The lowest BCUT2D eigenvalue weighted by Gasteiger charge is -2.39. The first kappa shape index (κ1) is 39.3. The molecule has 4 aliphatic rings. The number of carbonyl (C=O) groups excluding carboxylic acids is 3. The molecule has 0 radical (unpaired) electrons. The number of nitrogens with zero attached hydrogens (tertiary/aromatic N) is 5. The molecule has 0 unspecified atom stereocenters. The van der Waals surface area contributed by atoms with Crippen molar-refractivity contribution in [3.8, 4) is 16.9 Å². The molecule has 1 atom stereocenters. The topological polar surface area (TPSA) is 142 Å². The largest absolute Gasteiger partial charge is 0.374 e. The maximum atomic E-state index is 15.2. The van der Waals surface area contributed by atoms with Gasteiger partial charge in [-0.1, -0.05) is 24.3 Å². The van der Waals surface area contributed by atoms with Gasteiger partial charge in [-0.05, 0) is 119 Å². The van der Waals surface area contributed by atoms with Gasteiger partial charge in [0.1, 0.15) is 17.6 Å². The van der Waals surface area contributed by atoms with Gasteiger partial charge in [0.25, 0.3) is 5.56 Å². The number of imide groups is 1. The number of benzene rings is 2. The number of aromatic nitrogens is 3. The third kappa shape index (κ3) is 9.12. The second kappa shape index (κ2) is 17.6. The average Bonchev–Trinajstić information content (AvgIpc) is 3.23. The van der Waals surface area contributed by atoms with E-state index in [0.29, 0.717) is 40.8 Å². The molecule has 5 heterocycles. The van der Waals surface area contributed by atoms with Gasteiger partial charge >= 0.3 is 0 Å². The van der Waals surface area contributed by atoms with E-state index in [0.717, 1.165) is 84.1 Å². The highest BCUT2D eigenvalue weighted by Crippen LogP contribution is 2.34. The Labute approximate surface area is 336 Å². The lowest BCUT2D eigenvalue weighted by atomic mass is 9.84. The fourth-order valence-corrected chi connectivity index (χ4v) is 9.12. The minimum Gasteiger partial charge on any atom is -0.374 e. The van der Waals surface area contributed by atoms with Crippen LogP contribution in [0.4, 0.5) is 20.4 Å². The summed E-state index contributed by atoms with van der Waals surface area (Å²) in [4.78, 5) is 62.8. The number of anilines is 2. The molecule has 3 saturated heterocycles. The molecule has 2 aromatic carbocycles. The van der Waals surface area contributed by atoms with Crippen molar-refractivity contribution in [1.82, 2.24) is 29.7 Å². The molecule has 2 aromatic heterocycles. The molecule has 0 bridgehead atoms. The lowest BCUT2D eigenvalue weighted by molar-refractivity contribution is -0.138. The zero-order valence-corrected chi connectivity index (χ0v) is 32.5. The van der Waals surface area contributed by atoms with Gasteiger partial charge in [0.2, 0.25) is 23.7 Å². The second-order valence-electron chi connectivity index (χ2n) is 16.3. The highest BCUT2D eigenvalue weighted by molar-refractivity contribution is 6.01. The van der Waals surface area contributed by atoms with E-state index in [-0.39, 0.29) is 59.1 Å². The number of amides is 3. The first-order chi connectivity index (χ1) is 28.2. The molecule has 3 amide bonds. The van der Waals surface area contributed by atoms with Gasteiger partial charge in [-0.3, -0.25) is 29.1 Å². The minimum atomic E-state index is -0.551. The van der Waals surface area contributed by atoms with Crippen molar-refractivity contribution in [3.05, 3.63) is 101 Å². The van der Waals surface area contributed by atoms with E-state index < -0.39 is 11.9 Å². The number of hydrogen-bond donors (Lipinski definition) is 3. The van der Waals surface area contributed by atoms with Crippen molar-refractivity contribution in [2.24, 2.45) is 11.8 Å². The maximum Gasteiger partial charge on any atom is 0.255 e. The average molecular weight is 793 g/mol. The summed E-state index contributed by atoms with van der Waals surface area (Å²) in [6, 6.07) is 16.6. The Morgan fingerprint density at radius 2 is 1.60 bits per heavy atom. The molecule has 8 rings (SSSR count). The van der Waals surface area contributed by atoms with Crippen molar-refractivity contribution < 1.29 is 23.2 Å². The Hall–Kier alpha value is -5.50. The van der Waals surface area contributed by atoms with E-state index in [9.17, 15) is 23.6 Å². The first-order valence-electron chi connectivity index (χ1n) is 20.6. The number of nitrogens with one attached hydrogen (secondary N) is 3. The highest BCUT2D eigenvalue weighted by Gasteiger charge is 2.33. The van der Waals surface area contributed by atoms with Crippen LogP contribution in [0.1, 0.15) is 75.7 Å². The van der Waals surface area contributed by atoms with Crippen molar-refractivity contribution >= 4 is 29.4 Å². The summed E-state index contributed by atoms with van der Waals surface area (Å²) in [5, 5.41) is 8.77. The van der Waals surface area contributed by atoms with Crippen LogP contribution in [0.5, 0.6) is 0 Å². The molecule has 1 saturated carbocycles. The molecule has 3 aliphatic heterocycles. The predicted molar refractivity (Wildman–Crippen MR) is 216 cm³/mol. The fourth-order valence-electron chi connectivity index (χ4n) is 9.12. The fraction of sp³-hybridized carbons (Fsp3) is 0.455. The number of pyridine rings is 1. The van der Waals surface area contributed by atoms with E-state index in [1.54, 1.807) is 42.6 Å². The SMILES string of the molecule is O=C1CC[C@@H](Nc2ccc(C3CCN(CC4CCN(C(=O)[C@H]5CC[C@H](Nc6ncc(F)c(-c7cccc(-n8ccccc8=O)c7)n6)CC5)CC4)CC3)c(F)c2)C(=O)N1. The molecule has 58 heavy (non-hydrogen) atoms. The van der Waals surface area contributed by atoms with Gasteiger partial charge in [-0.2, -0.15) is 0 Å². The summed E-state index contributed by atoms with van der Waals surface area (Å²) in [6.07, 6.45) is 10.3. The summed E-state index contributed by atoms with van der Waals surface area (Å²) >= 11 is 0. The van der Waals surface area contributed by atoms with E-state index in [1.807, 2.05) is 12.1 Å². The molecule has 4 fully saturated rings. The minimum absolute atomic E-state index is 0.00914. The molecule has 4 aromatic rings. The summed E-state index contributed by atoms with van der Waals surface area (Å²) < 4.78 is 31.7. The van der Waals surface area contributed by atoms with Crippen molar-refractivity contribution in [2.75, 3.05) is 43.4 Å². The second-order valence-corrected chi connectivity index (χ2v) is 16.3. The molecule has 3 N–H and O–H groups in total. The van der Waals surface area contributed by atoms with Gasteiger partial charge in [0.05, 0.1) is 6.20 Å². The standard InChI is InChI=1S/C44H50F2N8O4/c45-36-25-33(48-38-13-14-39(55)50-42(38)57)11-12-35(36)29-17-20-52(21-18-29)27-28-15-22-53(23-16-28)43(58)30-7-9-32(10-8-30)49-44-47-26-37(46)41(51-44)31-4-3-5-34(24-31)54-19-2-1-6-40(54)56/h1-6,11-12,19,24-26,28-30,32,38,48H,7-10,13-18,20-23,27H2,(H,47,49,51)(H,50,55,57)/t30-,32-,38-/m1/s1. The highest BCUT2D eigenvalue weighted by atomic mass is 19.1. The molecule has 12 nitrogen and oxygen atoms in total. The Morgan fingerprint density at radius 1 is 0.810 bits per heavy atom. The summed E-state index contributed by atoms with van der Waals surface area (Å²) in [5.41, 5.74) is 2.38. The van der Waals surface area contributed by atoms with Crippen LogP contribution in [-0.2, 0) is 14.4 Å². The molecule has 14 heteroatoms. The normalized spacial score (nSPS) is 22.4. The Balaban J connectivity index is 0.761. The van der Waals surface area contributed by atoms with Crippen LogP contribution < -0.4 is 21.5 Å². The van der Waals surface area contributed by atoms with Crippen LogP contribution in [-0.4, -0.2) is 86.9 Å². The van der Waals surface area contributed by atoms with Crippen molar-refractivity contribution in [3.63, 3.8) is 0 Å². The summed E-state index contributed by atoms with van der Waals surface area (Å²) in [7, 11) is 0. The quantitative estimate of drug-likeness (QED) is 0.168. The third-order valence-electron chi connectivity index (χ3n) is 12.4. The van der Waals surface area contributed by atoms with Gasteiger partial charge in [0.15, 0.2) is 5.82 Å². The van der Waals surface area contributed by atoms with Gasteiger partial charge in [-0.25, -0.2) is 18.7 Å².